The van der Waals surface area contributed by atoms with Gasteiger partial charge in [-0.15, -0.1) is 0 Å². The number of carbonyl (C=O) groups excluding carboxylic acids is 1. The van der Waals surface area contributed by atoms with Gasteiger partial charge >= 0.3 is 0 Å². The highest BCUT2D eigenvalue weighted by Crippen LogP contribution is 2.17. The molecule has 2 aromatic carbocycles. The van der Waals surface area contributed by atoms with E-state index in [0.29, 0.717) is 5.92 Å². The number of benzene rings is 2. The Kier molecular flexibility index (Phi) is 5.31. The van der Waals surface area contributed by atoms with Gasteiger partial charge in [-0.05, 0) is 29.2 Å². The Morgan fingerprint density at radius 3 is 2.33 bits per heavy atom. The first-order valence-electron chi connectivity index (χ1n) is 8.79. The van der Waals surface area contributed by atoms with Gasteiger partial charge in [-0.1, -0.05) is 56.3 Å². The summed E-state index contributed by atoms with van der Waals surface area (Å²) >= 11 is 0. The molecule has 0 spiro atoms. The molecule has 1 amide bonds. The Morgan fingerprint density at radius 1 is 0.958 bits per heavy atom. The number of amides is 1. The van der Waals surface area contributed by atoms with Crippen LogP contribution in [-0.2, 0) is 6.54 Å². The summed E-state index contributed by atoms with van der Waals surface area (Å²) < 4.78 is 0. The van der Waals surface area contributed by atoms with Crippen molar-refractivity contribution in [3.63, 3.8) is 0 Å². The molecule has 0 bridgehead atoms. The van der Waals surface area contributed by atoms with E-state index in [4.69, 9.17) is 0 Å². The molecule has 1 fully saturated rings. The summed E-state index contributed by atoms with van der Waals surface area (Å²) in [4.78, 5) is 17.2. The van der Waals surface area contributed by atoms with Crippen LogP contribution in [0.3, 0.4) is 0 Å². The van der Waals surface area contributed by atoms with E-state index in [2.05, 4.69) is 49.1 Å². The maximum atomic E-state index is 12.7. The lowest BCUT2D eigenvalue weighted by atomic mass is 10.0. The van der Waals surface area contributed by atoms with Crippen molar-refractivity contribution in [2.75, 3.05) is 26.2 Å². The van der Waals surface area contributed by atoms with Crippen molar-refractivity contribution in [1.29, 1.82) is 0 Å². The van der Waals surface area contributed by atoms with Gasteiger partial charge in [0.25, 0.3) is 5.91 Å². The van der Waals surface area contributed by atoms with Crippen molar-refractivity contribution in [3.05, 3.63) is 71.3 Å². The summed E-state index contributed by atoms with van der Waals surface area (Å²) in [5, 5.41) is 0. The number of hydrogen-bond donors (Lipinski definition) is 0. The van der Waals surface area contributed by atoms with Crippen LogP contribution in [0.1, 0.15) is 41.3 Å². The molecule has 1 saturated heterocycles. The fraction of sp³-hybridized carbons (Fsp3) is 0.381. The summed E-state index contributed by atoms with van der Waals surface area (Å²) in [5.74, 6) is 0.609. The van der Waals surface area contributed by atoms with Crippen molar-refractivity contribution >= 4 is 5.91 Å². The second kappa shape index (κ2) is 7.63. The molecule has 1 aliphatic rings. The van der Waals surface area contributed by atoms with E-state index in [-0.39, 0.29) is 5.91 Å². The van der Waals surface area contributed by atoms with E-state index >= 15 is 0 Å². The normalized spacial score (nSPS) is 15.7. The molecule has 1 aliphatic heterocycles. The molecule has 3 rings (SSSR count). The van der Waals surface area contributed by atoms with Gasteiger partial charge in [0, 0.05) is 38.3 Å². The van der Waals surface area contributed by atoms with Gasteiger partial charge in [0.2, 0.25) is 0 Å². The van der Waals surface area contributed by atoms with Crippen molar-refractivity contribution in [1.82, 2.24) is 9.80 Å². The smallest absolute Gasteiger partial charge is 0.253 e. The predicted molar refractivity (Wildman–Crippen MR) is 98.2 cm³/mol. The summed E-state index contributed by atoms with van der Waals surface area (Å²) in [6.07, 6.45) is 0. The zero-order valence-electron chi connectivity index (χ0n) is 14.6. The molecule has 2 aromatic rings. The van der Waals surface area contributed by atoms with Crippen LogP contribution in [0.25, 0.3) is 0 Å². The minimum absolute atomic E-state index is 0.164. The molecule has 0 N–H and O–H groups in total. The summed E-state index contributed by atoms with van der Waals surface area (Å²) in [5.41, 5.74) is 3.38. The Balaban J connectivity index is 1.58. The molecule has 24 heavy (non-hydrogen) atoms. The lowest BCUT2D eigenvalue weighted by Crippen LogP contribution is -2.48. The molecule has 3 heteroatoms. The molecule has 0 unspecified atom stereocenters. The Hall–Kier alpha value is -2.13. The number of rotatable bonds is 4. The molecule has 0 radical (unpaired) electrons. The van der Waals surface area contributed by atoms with Crippen molar-refractivity contribution in [2.24, 2.45) is 0 Å². The SMILES string of the molecule is CC(C)c1cccc(C(=O)N2CCN(Cc3ccccc3)CC2)c1. The monoisotopic (exact) mass is 322 g/mol. The minimum Gasteiger partial charge on any atom is -0.336 e. The summed E-state index contributed by atoms with van der Waals surface area (Å²) in [6, 6.07) is 18.6. The highest BCUT2D eigenvalue weighted by molar-refractivity contribution is 5.94. The number of piperazine rings is 1. The zero-order chi connectivity index (χ0) is 16.9. The van der Waals surface area contributed by atoms with Crippen LogP contribution >= 0.6 is 0 Å². The first-order valence-corrected chi connectivity index (χ1v) is 8.79. The standard InChI is InChI=1S/C21H26N2O/c1-17(2)19-9-6-10-20(15-19)21(24)23-13-11-22(12-14-23)16-18-7-4-3-5-8-18/h3-10,15,17H,11-14,16H2,1-2H3. The first-order chi connectivity index (χ1) is 11.6. The van der Waals surface area contributed by atoms with E-state index in [1.54, 1.807) is 0 Å². The van der Waals surface area contributed by atoms with Crippen LogP contribution in [0.2, 0.25) is 0 Å². The van der Waals surface area contributed by atoms with Crippen LogP contribution < -0.4 is 0 Å². The third kappa shape index (κ3) is 4.04. The average molecular weight is 322 g/mol. The van der Waals surface area contributed by atoms with Gasteiger partial charge in [-0.3, -0.25) is 9.69 Å². The van der Waals surface area contributed by atoms with Gasteiger partial charge in [0.1, 0.15) is 0 Å². The fourth-order valence-corrected chi connectivity index (χ4v) is 3.16. The maximum absolute atomic E-state index is 12.7. The first kappa shape index (κ1) is 16.7. The van der Waals surface area contributed by atoms with Gasteiger partial charge < -0.3 is 4.90 Å². The van der Waals surface area contributed by atoms with E-state index in [1.165, 1.54) is 11.1 Å². The van der Waals surface area contributed by atoms with Crippen LogP contribution in [0.5, 0.6) is 0 Å². The zero-order valence-corrected chi connectivity index (χ0v) is 14.6. The second-order valence-electron chi connectivity index (χ2n) is 6.83. The molecule has 0 aromatic heterocycles. The molecule has 1 heterocycles. The fourth-order valence-electron chi connectivity index (χ4n) is 3.16. The summed E-state index contributed by atoms with van der Waals surface area (Å²) in [6.45, 7) is 8.76. The number of carbonyl (C=O) groups is 1. The van der Waals surface area contributed by atoms with E-state index in [9.17, 15) is 4.79 Å². The highest BCUT2D eigenvalue weighted by atomic mass is 16.2. The van der Waals surface area contributed by atoms with Gasteiger partial charge in [0.15, 0.2) is 0 Å². The minimum atomic E-state index is 0.164. The lowest BCUT2D eigenvalue weighted by molar-refractivity contribution is 0.0628. The number of nitrogens with zero attached hydrogens (tertiary/aromatic N) is 2. The van der Waals surface area contributed by atoms with E-state index in [1.807, 2.05) is 29.2 Å². The average Bonchev–Trinajstić information content (AvgIpc) is 2.63. The van der Waals surface area contributed by atoms with E-state index in [0.717, 1.165) is 38.3 Å². The molecular formula is C21H26N2O. The Morgan fingerprint density at radius 2 is 1.67 bits per heavy atom. The third-order valence-electron chi connectivity index (χ3n) is 4.71. The maximum Gasteiger partial charge on any atom is 0.253 e. The highest BCUT2D eigenvalue weighted by Gasteiger charge is 2.22. The van der Waals surface area contributed by atoms with Gasteiger partial charge in [-0.25, -0.2) is 0 Å². The third-order valence-corrected chi connectivity index (χ3v) is 4.71. The van der Waals surface area contributed by atoms with Gasteiger partial charge in [-0.2, -0.15) is 0 Å². The Labute approximate surface area is 144 Å². The molecule has 0 saturated carbocycles. The predicted octanol–water partition coefficient (Wildman–Crippen LogP) is 3.77. The van der Waals surface area contributed by atoms with Crippen molar-refractivity contribution < 1.29 is 4.79 Å². The van der Waals surface area contributed by atoms with Crippen molar-refractivity contribution in [3.8, 4) is 0 Å². The quantitative estimate of drug-likeness (QED) is 0.855. The summed E-state index contributed by atoms with van der Waals surface area (Å²) in [7, 11) is 0. The Bertz CT molecular complexity index is 673. The second-order valence-corrected chi connectivity index (χ2v) is 6.83. The van der Waals surface area contributed by atoms with Crippen molar-refractivity contribution in [2.45, 2.75) is 26.3 Å². The molecule has 0 aliphatic carbocycles. The molecule has 0 atom stereocenters. The lowest BCUT2D eigenvalue weighted by Gasteiger charge is -2.35. The van der Waals surface area contributed by atoms with Crippen LogP contribution in [0.15, 0.2) is 54.6 Å². The van der Waals surface area contributed by atoms with Crippen LogP contribution in [0.4, 0.5) is 0 Å². The molecule has 126 valence electrons. The van der Waals surface area contributed by atoms with E-state index < -0.39 is 0 Å². The largest absolute Gasteiger partial charge is 0.336 e. The van der Waals surface area contributed by atoms with Gasteiger partial charge in [0.05, 0.1) is 0 Å². The van der Waals surface area contributed by atoms with Crippen LogP contribution in [-0.4, -0.2) is 41.9 Å². The molecule has 3 nitrogen and oxygen atoms in total. The molecular weight excluding hydrogens is 296 g/mol. The topological polar surface area (TPSA) is 23.6 Å². The van der Waals surface area contributed by atoms with Crippen LogP contribution in [0, 0.1) is 0 Å². The number of hydrogen-bond acceptors (Lipinski definition) is 2.